The zero-order valence-electron chi connectivity index (χ0n) is 15.2. The van der Waals surface area contributed by atoms with Gasteiger partial charge < -0.3 is 19.9 Å². The van der Waals surface area contributed by atoms with Gasteiger partial charge in [0.25, 0.3) is 0 Å². The summed E-state index contributed by atoms with van der Waals surface area (Å²) < 4.78 is 11.2. The lowest BCUT2D eigenvalue weighted by Crippen LogP contribution is -2.26. The van der Waals surface area contributed by atoms with E-state index in [-0.39, 0.29) is 18.7 Å². The number of carboxylic acids is 1. The number of aliphatic carboxylic acids is 1. The highest BCUT2D eigenvalue weighted by atomic mass is 16.5. The van der Waals surface area contributed by atoms with Gasteiger partial charge in [-0.05, 0) is 30.5 Å². The van der Waals surface area contributed by atoms with Gasteiger partial charge in [-0.3, -0.25) is 9.59 Å². The van der Waals surface area contributed by atoms with Gasteiger partial charge in [0.1, 0.15) is 0 Å². The number of carbonyl (C=O) groups excluding carboxylic acids is 1. The van der Waals surface area contributed by atoms with Gasteiger partial charge in [-0.1, -0.05) is 32.3 Å². The highest BCUT2D eigenvalue weighted by Crippen LogP contribution is 2.28. The van der Waals surface area contributed by atoms with Crippen molar-refractivity contribution < 1.29 is 24.2 Å². The third-order valence-electron chi connectivity index (χ3n) is 3.79. The van der Waals surface area contributed by atoms with Gasteiger partial charge in [0.2, 0.25) is 5.91 Å². The minimum Gasteiger partial charge on any atom is -0.493 e. The Kier molecular flexibility index (Phi) is 10.1. The summed E-state index contributed by atoms with van der Waals surface area (Å²) in [6.07, 6.45) is 5.11. The predicted molar refractivity (Wildman–Crippen MR) is 96.2 cm³/mol. The summed E-state index contributed by atoms with van der Waals surface area (Å²) in [5.74, 6) is 0.199. The van der Waals surface area contributed by atoms with E-state index in [1.54, 1.807) is 7.11 Å². The van der Waals surface area contributed by atoms with Gasteiger partial charge in [-0.15, -0.1) is 0 Å². The van der Waals surface area contributed by atoms with E-state index >= 15 is 0 Å². The number of hydrogen-bond acceptors (Lipinski definition) is 4. The molecule has 0 fully saturated rings. The monoisotopic (exact) mass is 351 g/mol. The largest absolute Gasteiger partial charge is 0.493 e. The minimum atomic E-state index is -0.967. The second-order valence-electron chi connectivity index (χ2n) is 5.89. The Morgan fingerprint density at radius 1 is 1.12 bits per heavy atom. The molecule has 6 heteroatoms. The van der Waals surface area contributed by atoms with Crippen molar-refractivity contribution in [2.24, 2.45) is 0 Å². The number of nitrogens with one attached hydrogen (secondary N) is 1. The number of ether oxygens (including phenoxy) is 2. The van der Waals surface area contributed by atoms with E-state index < -0.39 is 5.97 Å². The summed E-state index contributed by atoms with van der Waals surface area (Å²) >= 11 is 0. The molecule has 0 atom stereocenters. The Bertz CT molecular complexity index is 545. The molecular formula is C19H29NO5. The first kappa shape index (κ1) is 20.8. The van der Waals surface area contributed by atoms with Crippen LogP contribution in [0.25, 0.3) is 0 Å². The van der Waals surface area contributed by atoms with Crippen LogP contribution < -0.4 is 14.8 Å². The third-order valence-corrected chi connectivity index (χ3v) is 3.79. The standard InChI is InChI=1S/C19H29NO5/c1-3-4-5-6-13-25-16-8-7-15(14-17(16)24-2)11-12-20-18(21)9-10-19(22)23/h7-8,14H,3-6,9-13H2,1-2H3,(H,20,21)(H,22,23). The van der Waals surface area contributed by atoms with Crippen LogP contribution in [0, 0.1) is 0 Å². The molecule has 0 aliphatic rings. The number of hydrogen-bond donors (Lipinski definition) is 2. The van der Waals surface area contributed by atoms with Crippen LogP contribution in [-0.4, -0.2) is 37.2 Å². The van der Waals surface area contributed by atoms with Crippen LogP contribution in [0.3, 0.4) is 0 Å². The van der Waals surface area contributed by atoms with Gasteiger partial charge in [0.05, 0.1) is 20.1 Å². The summed E-state index contributed by atoms with van der Waals surface area (Å²) in [6, 6.07) is 5.75. The molecule has 0 unspecified atom stereocenters. The minimum absolute atomic E-state index is 0.00344. The molecule has 2 N–H and O–H groups in total. The van der Waals surface area contributed by atoms with Crippen molar-refractivity contribution in [3.8, 4) is 11.5 Å². The fraction of sp³-hybridized carbons (Fsp3) is 0.579. The van der Waals surface area contributed by atoms with Crippen molar-refractivity contribution in [1.82, 2.24) is 5.32 Å². The number of carbonyl (C=O) groups is 2. The Labute approximate surface area is 149 Å². The second kappa shape index (κ2) is 12.2. The maximum atomic E-state index is 11.5. The van der Waals surface area contributed by atoms with Gasteiger partial charge >= 0.3 is 5.97 Å². The summed E-state index contributed by atoms with van der Waals surface area (Å²) in [5.41, 5.74) is 1.02. The van der Waals surface area contributed by atoms with Crippen molar-refractivity contribution >= 4 is 11.9 Å². The molecule has 140 valence electrons. The van der Waals surface area contributed by atoms with Gasteiger partial charge in [-0.25, -0.2) is 0 Å². The van der Waals surface area contributed by atoms with Crippen molar-refractivity contribution in [2.45, 2.75) is 51.9 Å². The third kappa shape index (κ3) is 8.98. The first-order valence-electron chi connectivity index (χ1n) is 8.85. The van der Waals surface area contributed by atoms with E-state index in [2.05, 4.69) is 12.2 Å². The molecule has 6 nitrogen and oxygen atoms in total. The first-order valence-corrected chi connectivity index (χ1v) is 8.85. The summed E-state index contributed by atoms with van der Waals surface area (Å²) in [5, 5.41) is 11.3. The number of amides is 1. The number of carboxylic acid groups (broad SMARTS) is 1. The van der Waals surface area contributed by atoms with Crippen LogP contribution in [-0.2, 0) is 16.0 Å². The Balaban J connectivity index is 2.40. The average molecular weight is 351 g/mol. The predicted octanol–water partition coefficient (Wildman–Crippen LogP) is 3.18. The van der Waals surface area contributed by atoms with E-state index in [1.807, 2.05) is 18.2 Å². The molecule has 0 saturated heterocycles. The topological polar surface area (TPSA) is 84.9 Å². The quantitative estimate of drug-likeness (QED) is 0.533. The number of benzene rings is 1. The molecule has 0 spiro atoms. The van der Waals surface area contributed by atoms with Gasteiger partial charge in [0, 0.05) is 13.0 Å². The molecule has 0 aromatic heterocycles. The molecular weight excluding hydrogens is 322 g/mol. The van der Waals surface area contributed by atoms with E-state index in [4.69, 9.17) is 14.6 Å². The van der Waals surface area contributed by atoms with Crippen LogP contribution >= 0.6 is 0 Å². The van der Waals surface area contributed by atoms with Crippen LogP contribution in [0.4, 0.5) is 0 Å². The first-order chi connectivity index (χ1) is 12.1. The fourth-order valence-corrected chi connectivity index (χ4v) is 2.35. The molecule has 0 aliphatic carbocycles. The molecule has 1 aromatic rings. The summed E-state index contributed by atoms with van der Waals surface area (Å²) in [7, 11) is 1.61. The Morgan fingerprint density at radius 2 is 1.92 bits per heavy atom. The molecule has 0 aliphatic heterocycles. The molecule has 1 rings (SSSR count). The Hall–Kier alpha value is -2.24. The van der Waals surface area contributed by atoms with Gasteiger partial charge in [0.15, 0.2) is 11.5 Å². The van der Waals surface area contributed by atoms with Crippen LogP contribution in [0.1, 0.15) is 51.0 Å². The van der Waals surface area contributed by atoms with E-state index in [0.29, 0.717) is 25.3 Å². The molecule has 0 bridgehead atoms. The van der Waals surface area contributed by atoms with Crippen LogP contribution in [0.5, 0.6) is 11.5 Å². The normalized spacial score (nSPS) is 10.3. The Morgan fingerprint density at radius 3 is 2.60 bits per heavy atom. The molecule has 0 radical (unpaired) electrons. The molecule has 1 amide bonds. The zero-order chi connectivity index (χ0) is 18.5. The van der Waals surface area contributed by atoms with Gasteiger partial charge in [-0.2, -0.15) is 0 Å². The van der Waals surface area contributed by atoms with E-state index in [1.165, 1.54) is 19.3 Å². The zero-order valence-corrected chi connectivity index (χ0v) is 15.2. The van der Waals surface area contributed by atoms with Crippen molar-refractivity contribution in [3.05, 3.63) is 23.8 Å². The van der Waals surface area contributed by atoms with Crippen molar-refractivity contribution in [2.75, 3.05) is 20.3 Å². The van der Waals surface area contributed by atoms with Crippen LogP contribution in [0.15, 0.2) is 18.2 Å². The second-order valence-corrected chi connectivity index (χ2v) is 5.89. The van der Waals surface area contributed by atoms with E-state index in [9.17, 15) is 9.59 Å². The average Bonchev–Trinajstić information content (AvgIpc) is 2.60. The fourth-order valence-electron chi connectivity index (χ4n) is 2.35. The van der Waals surface area contributed by atoms with Crippen molar-refractivity contribution in [1.29, 1.82) is 0 Å². The maximum absolute atomic E-state index is 11.5. The molecule has 25 heavy (non-hydrogen) atoms. The smallest absolute Gasteiger partial charge is 0.303 e. The molecule has 1 aromatic carbocycles. The lowest BCUT2D eigenvalue weighted by molar-refractivity contribution is -0.138. The lowest BCUT2D eigenvalue weighted by atomic mass is 10.1. The van der Waals surface area contributed by atoms with Crippen molar-refractivity contribution in [3.63, 3.8) is 0 Å². The molecule has 0 saturated carbocycles. The highest BCUT2D eigenvalue weighted by molar-refractivity contribution is 5.80. The lowest BCUT2D eigenvalue weighted by Gasteiger charge is -2.12. The summed E-state index contributed by atoms with van der Waals surface area (Å²) in [6.45, 7) is 3.31. The highest BCUT2D eigenvalue weighted by Gasteiger charge is 2.07. The number of methoxy groups -OCH3 is 1. The summed E-state index contributed by atoms with van der Waals surface area (Å²) in [4.78, 5) is 21.9. The SMILES string of the molecule is CCCCCCOc1ccc(CCNC(=O)CCC(=O)O)cc1OC. The molecule has 0 heterocycles. The van der Waals surface area contributed by atoms with E-state index in [0.717, 1.165) is 17.7 Å². The number of rotatable bonds is 13. The van der Waals surface area contributed by atoms with Crippen LogP contribution in [0.2, 0.25) is 0 Å². The maximum Gasteiger partial charge on any atom is 0.303 e. The number of unbranched alkanes of at least 4 members (excludes halogenated alkanes) is 3.